The molecule has 0 aliphatic heterocycles. The molecule has 1 aliphatic rings. The van der Waals surface area contributed by atoms with Gasteiger partial charge in [-0.25, -0.2) is 0 Å². The van der Waals surface area contributed by atoms with E-state index in [9.17, 15) is 13.2 Å². The van der Waals surface area contributed by atoms with Gasteiger partial charge in [0.2, 0.25) is 0 Å². The van der Waals surface area contributed by atoms with E-state index in [0.717, 1.165) is 25.7 Å². The molecule has 84 valence electrons. The SMILES string of the molecule is CC1(C)CCCC(NCC(F)(F)F)C1. The molecule has 1 atom stereocenters. The number of nitrogens with one attached hydrogen (secondary N) is 1. The Hall–Kier alpha value is -0.250. The molecule has 1 unspecified atom stereocenters. The Morgan fingerprint density at radius 3 is 2.50 bits per heavy atom. The first-order chi connectivity index (χ1) is 6.29. The van der Waals surface area contributed by atoms with Gasteiger partial charge in [-0.15, -0.1) is 0 Å². The summed E-state index contributed by atoms with van der Waals surface area (Å²) in [5.41, 5.74) is 0.196. The fraction of sp³-hybridized carbons (Fsp3) is 1.00. The van der Waals surface area contributed by atoms with Gasteiger partial charge < -0.3 is 5.32 Å². The molecule has 0 amide bonds. The van der Waals surface area contributed by atoms with Crippen molar-refractivity contribution in [3.8, 4) is 0 Å². The monoisotopic (exact) mass is 209 g/mol. The Morgan fingerprint density at radius 2 is 2.00 bits per heavy atom. The highest BCUT2D eigenvalue weighted by Crippen LogP contribution is 2.35. The van der Waals surface area contributed by atoms with Crippen LogP contribution in [0.2, 0.25) is 0 Å². The fourth-order valence-electron chi connectivity index (χ4n) is 2.13. The van der Waals surface area contributed by atoms with Gasteiger partial charge in [0, 0.05) is 6.04 Å². The van der Waals surface area contributed by atoms with Crippen LogP contribution in [0.5, 0.6) is 0 Å². The average Bonchev–Trinajstić information content (AvgIpc) is 1.98. The Balaban J connectivity index is 2.32. The Kier molecular flexibility index (Phi) is 3.45. The predicted molar refractivity (Wildman–Crippen MR) is 50.1 cm³/mol. The highest BCUT2D eigenvalue weighted by Gasteiger charge is 2.32. The van der Waals surface area contributed by atoms with Gasteiger partial charge in [0.1, 0.15) is 0 Å². The van der Waals surface area contributed by atoms with Crippen LogP contribution in [-0.2, 0) is 0 Å². The van der Waals surface area contributed by atoms with E-state index < -0.39 is 12.7 Å². The molecule has 0 aromatic carbocycles. The second-order valence-electron chi connectivity index (χ2n) is 4.95. The maximum atomic E-state index is 11.9. The summed E-state index contributed by atoms with van der Waals surface area (Å²) in [4.78, 5) is 0. The number of hydrogen-bond acceptors (Lipinski definition) is 1. The molecule has 0 spiro atoms. The highest BCUT2D eigenvalue weighted by molar-refractivity contribution is 4.83. The Labute approximate surface area is 83.1 Å². The van der Waals surface area contributed by atoms with Crippen LogP contribution < -0.4 is 5.32 Å². The first-order valence-electron chi connectivity index (χ1n) is 5.09. The normalized spacial score (nSPS) is 27.6. The predicted octanol–water partition coefficient (Wildman–Crippen LogP) is 3.11. The highest BCUT2D eigenvalue weighted by atomic mass is 19.4. The molecule has 1 saturated carbocycles. The molecular weight excluding hydrogens is 191 g/mol. The zero-order chi connectivity index (χ0) is 10.8. The van der Waals surface area contributed by atoms with Crippen LogP contribution in [0.4, 0.5) is 13.2 Å². The minimum atomic E-state index is -4.08. The molecule has 1 nitrogen and oxygen atoms in total. The Bertz CT molecular complexity index is 186. The topological polar surface area (TPSA) is 12.0 Å². The minimum Gasteiger partial charge on any atom is -0.306 e. The molecule has 14 heavy (non-hydrogen) atoms. The molecular formula is C10H18F3N. The second-order valence-corrected chi connectivity index (χ2v) is 4.95. The summed E-state index contributed by atoms with van der Waals surface area (Å²) >= 11 is 0. The molecule has 4 heteroatoms. The summed E-state index contributed by atoms with van der Waals surface area (Å²) < 4.78 is 35.8. The van der Waals surface area contributed by atoms with E-state index in [-0.39, 0.29) is 11.5 Å². The van der Waals surface area contributed by atoms with Crippen molar-refractivity contribution in [2.45, 2.75) is 51.7 Å². The first-order valence-corrected chi connectivity index (χ1v) is 5.09. The van der Waals surface area contributed by atoms with E-state index in [4.69, 9.17) is 0 Å². The molecule has 1 rings (SSSR count). The van der Waals surface area contributed by atoms with Crippen molar-refractivity contribution in [2.24, 2.45) is 5.41 Å². The van der Waals surface area contributed by atoms with Gasteiger partial charge in [0.05, 0.1) is 6.54 Å². The lowest BCUT2D eigenvalue weighted by Gasteiger charge is -2.35. The van der Waals surface area contributed by atoms with Gasteiger partial charge in [-0.3, -0.25) is 0 Å². The fourth-order valence-corrected chi connectivity index (χ4v) is 2.13. The number of alkyl halides is 3. The molecule has 0 aromatic heterocycles. The second kappa shape index (κ2) is 4.09. The standard InChI is InChI=1S/C10H18F3N/c1-9(2)5-3-4-8(6-9)14-7-10(11,12)13/h8,14H,3-7H2,1-2H3. The van der Waals surface area contributed by atoms with E-state index in [1.807, 2.05) is 0 Å². The van der Waals surface area contributed by atoms with Crippen molar-refractivity contribution in [2.75, 3.05) is 6.54 Å². The third kappa shape index (κ3) is 4.31. The van der Waals surface area contributed by atoms with Crippen molar-refractivity contribution < 1.29 is 13.2 Å². The maximum absolute atomic E-state index is 11.9. The average molecular weight is 209 g/mol. The Morgan fingerprint density at radius 1 is 1.36 bits per heavy atom. The van der Waals surface area contributed by atoms with Gasteiger partial charge >= 0.3 is 6.18 Å². The quantitative estimate of drug-likeness (QED) is 0.736. The van der Waals surface area contributed by atoms with E-state index >= 15 is 0 Å². The third-order valence-corrected chi connectivity index (χ3v) is 2.80. The van der Waals surface area contributed by atoms with Crippen LogP contribution >= 0.6 is 0 Å². The molecule has 0 radical (unpaired) electrons. The van der Waals surface area contributed by atoms with Crippen LogP contribution in [0, 0.1) is 5.41 Å². The largest absolute Gasteiger partial charge is 0.401 e. The van der Waals surface area contributed by atoms with Crippen molar-refractivity contribution in [3.05, 3.63) is 0 Å². The van der Waals surface area contributed by atoms with Crippen molar-refractivity contribution in [1.29, 1.82) is 0 Å². The molecule has 1 fully saturated rings. The van der Waals surface area contributed by atoms with Gasteiger partial charge in [0.15, 0.2) is 0 Å². The molecule has 0 heterocycles. The van der Waals surface area contributed by atoms with Gasteiger partial charge in [0.25, 0.3) is 0 Å². The smallest absolute Gasteiger partial charge is 0.306 e. The van der Waals surface area contributed by atoms with E-state index in [2.05, 4.69) is 19.2 Å². The van der Waals surface area contributed by atoms with Crippen molar-refractivity contribution in [3.63, 3.8) is 0 Å². The lowest BCUT2D eigenvalue weighted by molar-refractivity contribution is -0.127. The van der Waals surface area contributed by atoms with Crippen molar-refractivity contribution >= 4 is 0 Å². The third-order valence-electron chi connectivity index (χ3n) is 2.80. The summed E-state index contributed by atoms with van der Waals surface area (Å²) in [5.74, 6) is 0. The first kappa shape index (κ1) is 11.8. The van der Waals surface area contributed by atoms with Crippen LogP contribution in [0.25, 0.3) is 0 Å². The lowest BCUT2D eigenvalue weighted by atomic mass is 9.75. The summed E-state index contributed by atoms with van der Waals surface area (Å²) in [6.07, 6.45) is -0.204. The lowest BCUT2D eigenvalue weighted by Crippen LogP contribution is -2.41. The maximum Gasteiger partial charge on any atom is 0.401 e. The summed E-state index contributed by atoms with van der Waals surface area (Å²) in [6, 6.07) is 0.0420. The van der Waals surface area contributed by atoms with Crippen LogP contribution in [0.1, 0.15) is 39.5 Å². The zero-order valence-electron chi connectivity index (χ0n) is 8.75. The van der Waals surface area contributed by atoms with E-state index in [0.29, 0.717) is 0 Å². The number of hydrogen-bond donors (Lipinski definition) is 1. The molecule has 1 N–H and O–H groups in total. The summed E-state index contributed by atoms with van der Waals surface area (Å²) in [7, 11) is 0. The van der Waals surface area contributed by atoms with Gasteiger partial charge in [-0.05, 0) is 24.7 Å². The van der Waals surface area contributed by atoms with E-state index in [1.165, 1.54) is 0 Å². The summed E-state index contributed by atoms with van der Waals surface area (Å²) in [5, 5.41) is 2.59. The number of halogens is 3. The summed E-state index contributed by atoms with van der Waals surface area (Å²) in [6.45, 7) is 3.39. The number of rotatable bonds is 2. The van der Waals surface area contributed by atoms with Crippen LogP contribution in [0.15, 0.2) is 0 Å². The van der Waals surface area contributed by atoms with Crippen molar-refractivity contribution in [1.82, 2.24) is 5.32 Å². The van der Waals surface area contributed by atoms with Crippen LogP contribution in [0.3, 0.4) is 0 Å². The molecule has 0 saturated heterocycles. The van der Waals surface area contributed by atoms with Crippen LogP contribution in [-0.4, -0.2) is 18.8 Å². The molecule has 0 aromatic rings. The zero-order valence-corrected chi connectivity index (χ0v) is 8.75. The van der Waals surface area contributed by atoms with E-state index in [1.54, 1.807) is 0 Å². The molecule has 1 aliphatic carbocycles. The molecule has 0 bridgehead atoms. The van der Waals surface area contributed by atoms with Gasteiger partial charge in [-0.2, -0.15) is 13.2 Å². The minimum absolute atomic E-state index is 0.0420. The van der Waals surface area contributed by atoms with Gasteiger partial charge in [-0.1, -0.05) is 20.3 Å².